The van der Waals surface area contributed by atoms with E-state index < -0.39 is 0 Å². The molecule has 0 N–H and O–H groups in total. The minimum Gasteiger partial charge on any atom is -0.493 e. The molecule has 0 amide bonds. The van der Waals surface area contributed by atoms with Crippen LogP contribution in [0.1, 0.15) is 36.8 Å². The number of carbonyl (C=O) groups is 1. The van der Waals surface area contributed by atoms with Gasteiger partial charge in [0.1, 0.15) is 0 Å². The van der Waals surface area contributed by atoms with Crippen LogP contribution in [0.5, 0.6) is 11.5 Å². The maximum Gasteiger partial charge on any atom is 0.195 e. The van der Waals surface area contributed by atoms with E-state index in [1.807, 2.05) is 39.8 Å². The molecule has 3 aromatic rings. The molecule has 0 bridgehead atoms. The van der Waals surface area contributed by atoms with Gasteiger partial charge in [-0.3, -0.25) is 9.69 Å². The molecule has 1 aromatic carbocycles. The molecule has 2 aromatic heterocycles. The van der Waals surface area contributed by atoms with Gasteiger partial charge in [-0.05, 0) is 76.5 Å². The molecule has 31 heavy (non-hydrogen) atoms. The number of hydrogen-bond acceptors (Lipinski definition) is 5. The summed E-state index contributed by atoms with van der Waals surface area (Å²) in [5.41, 5.74) is 5.30. The van der Waals surface area contributed by atoms with Crippen LogP contribution in [0.2, 0.25) is 0 Å². The lowest BCUT2D eigenvalue weighted by atomic mass is 9.95. The summed E-state index contributed by atoms with van der Waals surface area (Å²) in [6, 6.07) is 10.2. The molecular weight excluding hydrogens is 408 g/mol. The van der Waals surface area contributed by atoms with Crippen molar-refractivity contribution in [1.29, 1.82) is 0 Å². The van der Waals surface area contributed by atoms with E-state index in [4.69, 9.17) is 9.47 Å². The zero-order valence-electron chi connectivity index (χ0n) is 19.1. The van der Waals surface area contributed by atoms with Gasteiger partial charge in [0, 0.05) is 22.5 Å². The molecular formula is C25H30N2O3S. The van der Waals surface area contributed by atoms with Crippen LogP contribution < -0.4 is 9.47 Å². The third-order valence-corrected chi connectivity index (χ3v) is 6.81. The predicted octanol–water partition coefficient (Wildman–Crippen LogP) is 5.37. The number of ketones is 1. The molecule has 6 heteroatoms. The molecule has 5 nitrogen and oxygen atoms in total. The third-order valence-electron chi connectivity index (χ3n) is 5.90. The highest BCUT2D eigenvalue weighted by Gasteiger charge is 2.30. The number of likely N-dealkylation sites (N-methyl/N-ethyl adjacent to an activating group) is 1. The van der Waals surface area contributed by atoms with E-state index in [9.17, 15) is 4.79 Å². The van der Waals surface area contributed by atoms with Crippen molar-refractivity contribution in [3.8, 4) is 33.2 Å². The molecule has 0 spiro atoms. The minimum absolute atomic E-state index is 0.0390. The van der Waals surface area contributed by atoms with Crippen molar-refractivity contribution in [2.24, 2.45) is 0 Å². The number of rotatable bonds is 7. The second-order valence-electron chi connectivity index (χ2n) is 8.50. The van der Waals surface area contributed by atoms with E-state index in [0.717, 1.165) is 51.9 Å². The summed E-state index contributed by atoms with van der Waals surface area (Å²) in [5.74, 6) is 1.63. The average Bonchev–Trinajstić information content (AvgIpc) is 3.39. The Morgan fingerprint density at radius 2 is 1.90 bits per heavy atom. The number of hydrogen-bond donors (Lipinski definition) is 0. The molecule has 0 saturated heterocycles. The summed E-state index contributed by atoms with van der Waals surface area (Å²) < 4.78 is 13.9. The predicted molar refractivity (Wildman–Crippen MR) is 127 cm³/mol. The number of Topliss-reactive ketones (excluding diaryl/α,β-unsaturated/α-hetero) is 1. The van der Waals surface area contributed by atoms with Crippen molar-refractivity contribution in [2.75, 3.05) is 21.2 Å². The SMILES string of the molecule is COc1cc2c(cc1OC(C)C)-c1c(-c3cccs3)cc(C(=O)C(C)N(C)C)n1CC2. The Labute approximate surface area is 188 Å². The zero-order chi connectivity index (χ0) is 22.3. The number of benzene rings is 1. The van der Waals surface area contributed by atoms with E-state index in [-0.39, 0.29) is 17.9 Å². The fraction of sp³-hybridized carbons (Fsp3) is 0.400. The number of ether oxygens (including phenoxy) is 2. The van der Waals surface area contributed by atoms with Gasteiger partial charge in [-0.1, -0.05) is 6.07 Å². The molecule has 0 saturated carbocycles. The second kappa shape index (κ2) is 8.52. The highest BCUT2D eigenvalue weighted by atomic mass is 32.1. The normalized spacial score (nSPS) is 13.8. The van der Waals surface area contributed by atoms with Crippen molar-refractivity contribution >= 4 is 17.1 Å². The zero-order valence-corrected chi connectivity index (χ0v) is 19.9. The summed E-state index contributed by atoms with van der Waals surface area (Å²) in [6.07, 6.45) is 0.882. The van der Waals surface area contributed by atoms with E-state index in [1.165, 1.54) is 5.56 Å². The molecule has 1 unspecified atom stereocenters. The van der Waals surface area contributed by atoms with Crippen LogP contribution in [0.4, 0.5) is 0 Å². The quantitative estimate of drug-likeness (QED) is 0.465. The van der Waals surface area contributed by atoms with Crippen LogP contribution in [-0.4, -0.2) is 48.6 Å². The fourth-order valence-electron chi connectivity index (χ4n) is 4.11. The Kier molecular flexibility index (Phi) is 5.95. The van der Waals surface area contributed by atoms with E-state index in [2.05, 4.69) is 40.3 Å². The van der Waals surface area contributed by atoms with Crippen LogP contribution >= 0.6 is 11.3 Å². The maximum atomic E-state index is 13.4. The molecule has 0 fully saturated rings. The van der Waals surface area contributed by atoms with Crippen molar-refractivity contribution in [2.45, 2.75) is 45.9 Å². The van der Waals surface area contributed by atoms with Gasteiger partial charge in [0.15, 0.2) is 17.3 Å². The Balaban J connectivity index is 1.94. The lowest BCUT2D eigenvalue weighted by Crippen LogP contribution is -2.34. The van der Waals surface area contributed by atoms with Gasteiger partial charge in [-0.25, -0.2) is 0 Å². The first-order valence-corrected chi connectivity index (χ1v) is 11.6. The summed E-state index contributed by atoms with van der Waals surface area (Å²) in [5, 5.41) is 2.08. The Hall–Kier alpha value is -2.57. The lowest BCUT2D eigenvalue weighted by Gasteiger charge is -2.26. The van der Waals surface area contributed by atoms with Crippen LogP contribution in [0.15, 0.2) is 35.7 Å². The topological polar surface area (TPSA) is 43.7 Å². The largest absolute Gasteiger partial charge is 0.493 e. The first-order valence-electron chi connectivity index (χ1n) is 10.7. The van der Waals surface area contributed by atoms with Gasteiger partial charge in [0.25, 0.3) is 0 Å². The van der Waals surface area contributed by atoms with E-state index in [1.54, 1.807) is 18.4 Å². The molecule has 0 radical (unpaired) electrons. The highest BCUT2D eigenvalue weighted by molar-refractivity contribution is 7.13. The van der Waals surface area contributed by atoms with E-state index >= 15 is 0 Å². The summed E-state index contributed by atoms with van der Waals surface area (Å²) in [6.45, 7) is 6.75. The molecule has 0 aliphatic carbocycles. The molecule has 164 valence electrons. The number of aryl methyl sites for hydroxylation is 1. The molecule has 4 rings (SSSR count). The van der Waals surface area contributed by atoms with Gasteiger partial charge in [0.2, 0.25) is 0 Å². The molecule has 1 aliphatic heterocycles. The minimum atomic E-state index is -0.188. The van der Waals surface area contributed by atoms with Crippen LogP contribution in [0, 0.1) is 0 Å². The lowest BCUT2D eigenvalue weighted by molar-refractivity contribution is 0.0881. The van der Waals surface area contributed by atoms with Crippen molar-refractivity contribution in [1.82, 2.24) is 9.47 Å². The fourth-order valence-corrected chi connectivity index (χ4v) is 4.85. The number of aromatic nitrogens is 1. The number of carbonyl (C=O) groups excluding carboxylic acids is 1. The average molecular weight is 439 g/mol. The van der Waals surface area contributed by atoms with Crippen molar-refractivity contribution in [3.63, 3.8) is 0 Å². The number of nitrogens with zero attached hydrogens (tertiary/aromatic N) is 2. The van der Waals surface area contributed by atoms with Gasteiger partial charge in [0.05, 0.1) is 30.6 Å². The first kappa shape index (κ1) is 21.7. The van der Waals surface area contributed by atoms with Crippen molar-refractivity contribution < 1.29 is 14.3 Å². The molecule has 1 atom stereocenters. The standard InChI is InChI=1S/C25H30N2O3S/c1-15(2)30-22-14-18-17(12-21(22)29-6)9-10-27-20(25(28)16(3)26(4)5)13-19(24(18)27)23-8-7-11-31-23/h7-8,11-16H,9-10H2,1-6H3. The van der Waals surface area contributed by atoms with Crippen molar-refractivity contribution in [3.05, 3.63) is 47.0 Å². The summed E-state index contributed by atoms with van der Waals surface area (Å²) >= 11 is 1.69. The van der Waals surface area contributed by atoms with Gasteiger partial charge in [-0.15, -0.1) is 11.3 Å². The van der Waals surface area contributed by atoms with E-state index in [0.29, 0.717) is 0 Å². The maximum absolute atomic E-state index is 13.4. The van der Waals surface area contributed by atoms with Crippen LogP contribution in [0.3, 0.4) is 0 Å². The number of thiophene rings is 1. The smallest absolute Gasteiger partial charge is 0.195 e. The summed E-state index contributed by atoms with van der Waals surface area (Å²) in [7, 11) is 5.57. The Morgan fingerprint density at radius 1 is 1.13 bits per heavy atom. The summed E-state index contributed by atoms with van der Waals surface area (Å²) in [4.78, 5) is 16.5. The Bertz CT molecular complexity index is 1100. The molecule has 1 aliphatic rings. The highest BCUT2D eigenvalue weighted by Crippen LogP contribution is 2.45. The Morgan fingerprint density at radius 3 is 2.52 bits per heavy atom. The van der Waals surface area contributed by atoms with Crippen LogP contribution in [0.25, 0.3) is 21.7 Å². The van der Waals surface area contributed by atoms with Gasteiger partial charge in [-0.2, -0.15) is 0 Å². The monoisotopic (exact) mass is 438 g/mol. The second-order valence-corrected chi connectivity index (χ2v) is 9.45. The number of fused-ring (bicyclic) bond motifs is 3. The van der Waals surface area contributed by atoms with Gasteiger partial charge >= 0.3 is 0 Å². The number of methoxy groups -OCH3 is 1. The third kappa shape index (κ3) is 3.90. The molecule has 3 heterocycles. The first-order chi connectivity index (χ1) is 14.8. The van der Waals surface area contributed by atoms with Crippen LogP contribution in [-0.2, 0) is 13.0 Å². The van der Waals surface area contributed by atoms with Gasteiger partial charge < -0.3 is 14.0 Å².